The number of rotatable bonds is 6. The van der Waals surface area contributed by atoms with Gasteiger partial charge in [0.05, 0.1) is 19.0 Å². The van der Waals surface area contributed by atoms with Crippen LogP contribution in [0.1, 0.15) is 5.76 Å². The molecular weight excluding hydrogens is 238 g/mol. The zero-order chi connectivity index (χ0) is 11.9. The molecule has 1 saturated heterocycles. The van der Waals surface area contributed by atoms with Crippen LogP contribution < -0.4 is 0 Å². The Morgan fingerprint density at radius 2 is 2.29 bits per heavy atom. The molecule has 1 aliphatic rings. The lowest BCUT2D eigenvalue weighted by atomic mass is 10.3. The summed E-state index contributed by atoms with van der Waals surface area (Å²) in [6.07, 6.45) is 1.22. The molecule has 0 spiro atoms. The first-order chi connectivity index (χ1) is 8.34. The molecule has 1 aromatic heterocycles. The molecule has 96 valence electrons. The van der Waals surface area contributed by atoms with Gasteiger partial charge in [0.1, 0.15) is 12.4 Å². The SMILES string of the molecule is OC(COCc1ccco1)CN1CCSCC1. The summed E-state index contributed by atoms with van der Waals surface area (Å²) < 4.78 is 10.6. The molecule has 1 fully saturated rings. The van der Waals surface area contributed by atoms with Crippen LogP contribution in [0.15, 0.2) is 22.8 Å². The Labute approximate surface area is 106 Å². The normalized spacial score (nSPS) is 19.4. The van der Waals surface area contributed by atoms with E-state index in [0.29, 0.717) is 19.8 Å². The van der Waals surface area contributed by atoms with E-state index in [4.69, 9.17) is 9.15 Å². The van der Waals surface area contributed by atoms with Gasteiger partial charge in [-0.2, -0.15) is 11.8 Å². The minimum atomic E-state index is -0.409. The fourth-order valence-corrected chi connectivity index (χ4v) is 2.80. The molecule has 0 bridgehead atoms. The van der Waals surface area contributed by atoms with E-state index in [1.807, 2.05) is 23.9 Å². The van der Waals surface area contributed by atoms with Crippen molar-refractivity contribution in [2.24, 2.45) is 0 Å². The number of ether oxygens (including phenoxy) is 1. The molecule has 1 unspecified atom stereocenters. The van der Waals surface area contributed by atoms with Gasteiger partial charge in [0.2, 0.25) is 0 Å². The minimum Gasteiger partial charge on any atom is -0.467 e. The maximum atomic E-state index is 9.83. The summed E-state index contributed by atoms with van der Waals surface area (Å²) in [5.74, 6) is 3.13. The summed E-state index contributed by atoms with van der Waals surface area (Å²) in [7, 11) is 0. The Morgan fingerprint density at radius 1 is 1.47 bits per heavy atom. The largest absolute Gasteiger partial charge is 0.467 e. The van der Waals surface area contributed by atoms with E-state index in [0.717, 1.165) is 18.8 Å². The van der Waals surface area contributed by atoms with Crippen molar-refractivity contribution >= 4 is 11.8 Å². The summed E-state index contributed by atoms with van der Waals surface area (Å²) >= 11 is 1.97. The first-order valence-electron chi connectivity index (χ1n) is 5.93. The second-order valence-corrected chi connectivity index (χ2v) is 5.39. The van der Waals surface area contributed by atoms with Gasteiger partial charge in [-0.05, 0) is 12.1 Å². The number of nitrogens with zero attached hydrogens (tertiary/aromatic N) is 1. The third kappa shape index (κ3) is 4.71. The molecule has 1 aromatic rings. The number of aliphatic hydroxyl groups is 1. The molecule has 2 heterocycles. The highest BCUT2D eigenvalue weighted by Gasteiger charge is 2.14. The van der Waals surface area contributed by atoms with Crippen molar-refractivity contribution in [2.75, 3.05) is 37.7 Å². The van der Waals surface area contributed by atoms with Crippen molar-refractivity contribution in [2.45, 2.75) is 12.7 Å². The second-order valence-electron chi connectivity index (χ2n) is 4.16. The quantitative estimate of drug-likeness (QED) is 0.830. The smallest absolute Gasteiger partial charge is 0.129 e. The first kappa shape index (κ1) is 13.0. The van der Waals surface area contributed by atoms with Gasteiger partial charge < -0.3 is 14.3 Å². The van der Waals surface area contributed by atoms with Crippen molar-refractivity contribution in [3.63, 3.8) is 0 Å². The topological polar surface area (TPSA) is 45.8 Å². The number of hydrogen-bond donors (Lipinski definition) is 1. The van der Waals surface area contributed by atoms with E-state index < -0.39 is 6.10 Å². The Hall–Kier alpha value is -0.490. The van der Waals surface area contributed by atoms with Gasteiger partial charge in [-0.3, -0.25) is 4.90 Å². The molecular formula is C12H19NO3S. The average Bonchev–Trinajstić information content (AvgIpc) is 2.83. The minimum absolute atomic E-state index is 0.365. The Bertz CT molecular complexity index is 299. The van der Waals surface area contributed by atoms with Gasteiger partial charge in [0, 0.05) is 31.1 Å². The van der Waals surface area contributed by atoms with Gasteiger partial charge >= 0.3 is 0 Å². The molecule has 1 aliphatic heterocycles. The maximum absolute atomic E-state index is 9.83. The second kappa shape index (κ2) is 7.06. The van der Waals surface area contributed by atoms with Crippen LogP contribution in [0, 0.1) is 0 Å². The van der Waals surface area contributed by atoms with E-state index >= 15 is 0 Å². The van der Waals surface area contributed by atoms with E-state index in [2.05, 4.69) is 4.90 Å². The highest BCUT2D eigenvalue weighted by Crippen LogP contribution is 2.09. The van der Waals surface area contributed by atoms with Crippen LogP contribution in [-0.2, 0) is 11.3 Å². The molecule has 0 saturated carbocycles. The highest BCUT2D eigenvalue weighted by molar-refractivity contribution is 7.99. The van der Waals surface area contributed by atoms with Crippen molar-refractivity contribution in [1.82, 2.24) is 4.90 Å². The van der Waals surface area contributed by atoms with Crippen molar-refractivity contribution in [1.29, 1.82) is 0 Å². The van der Waals surface area contributed by atoms with Crippen LogP contribution in [0.2, 0.25) is 0 Å². The third-order valence-corrected chi connectivity index (χ3v) is 3.65. The van der Waals surface area contributed by atoms with Crippen LogP contribution in [0.5, 0.6) is 0 Å². The van der Waals surface area contributed by atoms with Gasteiger partial charge in [0.15, 0.2) is 0 Å². The zero-order valence-corrected chi connectivity index (χ0v) is 10.7. The zero-order valence-electron chi connectivity index (χ0n) is 9.88. The molecule has 0 radical (unpaired) electrons. The summed E-state index contributed by atoms with van der Waals surface area (Å²) in [5.41, 5.74) is 0. The number of hydrogen-bond acceptors (Lipinski definition) is 5. The van der Waals surface area contributed by atoms with Gasteiger partial charge in [-0.15, -0.1) is 0 Å². The van der Waals surface area contributed by atoms with E-state index in [1.165, 1.54) is 11.5 Å². The predicted octanol–water partition coefficient (Wildman–Crippen LogP) is 1.21. The molecule has 17 heavy (non-hydrogen) atoms. The fourth-order valence-electron chi connectivity index (χ4n) is 1.82. The van der Waals surface area contributed by atoms with Crippen molar-refractivity contribution < 1.29 is 14.3 Å². The van der Waals surface area contributed by atoms with Gasteiger partial charge in [-0.1, -0.05) is 0 Å². The molecule has 0 amide bonds. The van der Waals surface area contributed by atoms with Gasteiger partial charge in [0.25, 0.3) is 0 Å². The van der Waals surface area contributed by atoms with Crippen LogP contribution in [0.4, 0.5) is 0 Å². The predicted molar refractivity (Wildman–Crippen MR) is 68.1 cm³/mol. The third-order valence-electron chi connectivity index (χ3n) is 2.71. The molecule has 0 aliphatic carbocycles. The van der Waals surface area contributed by atoms with Crippen molar-refractivity contribution in [3.05, 3.63) is 24.2 Å². The molecule has 2 rings (SSSR count). The monoisotopic (exact) mass is 257 g/mol. The summed E-state index contributed by atoms with van der Waals surface area (Å²) in [4.78, 5) is 2.29. The maximum Gasteiger partial charge on any atom is 0.129 e. The fraction of sp³-hybridized carbons (Fsp3) is 0.667. The van der Waals surface area contributed by atoms with E-state index in [1.54, 1.807) is 6.26 Å². The summed E-state index contributed by atoms with van der Waals surface area (Å²) in [5, 5.41) is 9.83. The summed E-state index contributed by atoms with van der Waals surface area (Å²) in [6.45, 7) is 3.64. The molecule has 1 atom stereocenters. The number of furan rings is 1. The average molecular weight is 257 g/mol. The van der Waals surface area contributed by atoms with Crippen LogP contribution >= 0.6 is 11.8 Å². The van der Waals surface area contributed by atoms with E-state index in [9.17, 15) is 5.11 Å². The van der Waals surface area contributed by atoms with Crippen LogP contribution in [0.3, 0.4) is 0 Å². The Kier molecular flexibility index (Phi) is 5.38. The van der Waals surface area contributed by atoms with Gasteiger partial charge in [-0.25, -0.2) is 0 Å². The van der Waals surface area contributed by atoms with Crippen molar-refractivity contribution in [3.8, 4) is 0 Å². The Morgan fingerprint density at radius 3 is 3.00 bits per heavy atom. The van der Waals surface area contributed by atoms with Crippen LogP contribution in [0.25, 0.3) is 0 Å². The standard InChI is InChI=1S/C12H19NO3S/c14-11(8-13-3-6-17-7-4-13)9-15-10-12-2-1-5-16-12/h1-2,5,11,14H,3-4,6-10H2. The lowest BCUT2D eigenvalue weighted by molar-refractivity contribution is 0.00649. The Balaban J connectivity index is 1.58. The van der Waals surface area contributed by atoms with Crippen LogP contribution in [-0.4, -0.2) is 53.9 Å². The lowest BCUT2D eigenvalue weighted by Gasteiger charge is -2.28. The summed E-state index contributed by atoms with van der Waals surface area (Å²) in [6, 6.07) is 3.70. The number of thioether (sulfide) groups is 1. The molecule has 0 aromatic carbocycles. The first-order valence-corrected chi connectivity index (χ1v) is 7.08. The molecule has 4 nitrogen and oxygen atoms in total. The van der Waals surface area contributed by atoms with E-state index in [-0.39, 0.29) is 0 Å². The molecule has 1 N–H and O–H groups in total. The number of β-amino-alcohol motifs (C(OH)–C–C–N with tert-alkyl or cyclic N) is 1. The molecule has 5 heteroatoms. The number of aliphatic hydroxyl groups excluding tert-OH is 1. The highest BCUT2D eigenvalue weighted by atomic mass is 32.2. The lowest BCUT2D eigenvalue weighted by Crippen LogP contribution is -2.39.